The maximum atomic E-state index is 11.3. The van der Waals surface area contributed by atoms with Crippen LogP contribution in [0, 0.1) is 6.92 Å². The van der Waals surface area contributed by atoms with Crippen molar-refractivity contribution in [3.8, 4) is 0 Å². The number of hydrogen-bond acceptors (Lipinski definition) is 3. The van der Waals surface area contributed by atoms with Crippen LogP contribution in [0.5, 0.6) is 0 Å². The molecule has 0 aliphatic heterocycles. The predicted octanol–water partition coefficient (Wildman–Crippen LogP) is 3.24. The van der Waals surface area contributed by atoms with Crippen LogP contribution in [0.2, 0.25) is 5.02 Å². The van der Waals surface area contributed by atoms with Crippen molar-refractivity contribution >= 4 is 39.0 Å². The van der Waals surface area contributed by atoms with E-state index in [0.29, 0.717) is 15.3 Å². The highest BCUT2D eigenvalue weighted by atomic mass is 79.9. The molecule has 0 radical (unpaired) electrons. The van der Waals surface area contributed by atoms with Crippen molar-refractivity contribution in [3.05, 3.63) is 49.9 Å². The van der Waals surface area contributed by atoms with Crippen LogP contribution in [-0.2, 0) is 0 Å². The van der Waals surface area contributed by atoms with E-state index < -0.39 is 0 Å². The molecule has 0 unspecified atom stereocenters. The number of rotatable bonds is 2. The molecule has 2 N–H and O–H groups in total. The molecule has 1 aromatic heterocycles. The summed E-state index contributed by atoms with van der Waals surface area (Å²) in [5.74, 6) is 0.452. The van der Waals surface area contributed by atoms with Crippen LogP contribution in [0.25, 0.3) is 0 Å². The van der Waals surface area contributed by atoms with Gasteiger partial charge in [-0.05, 0) is 40.5 Å². The number of anilines is 2. The van der Waals surface area contributed by atoms with E-state index in [4.69, 9.17) is 11.6 Å². The number of H-pyrrole nitrogens is 1. The van der Waals surface area contributed by atoms with Crippen LogP contribution in [0.1, 0.15) is 5.56 Å². The summed E-state index contributed by atoms with van der Waals surface area (Å²) in [5, 5.41) is 3.68. The van der Waals surface area contributed by atoms with Gasteiger partial charge in [0.1, 0.15) is 4.47 Å². The Balaban J connectivity index is 2.35. The highest BCUT2D eigenvalue weighted by Crippen LogP contribution is 2.24. The Labute approximate surface area is 111 Å². The lowest BCUT2D eigenvalue weighted by atomic mass is 10.2. The molecule has 17 heavy (non-hydrogen) atoms. The molecule has 2 aromatic rings. The Morgan fingerprint density at radius 2 is 2.24 bits per heavy atom. The first-order valence-electron chi connectivity index (χ1n) is 4.84. The highest BCUT2D eigenvalue weighted by Gasteiger charge is 2.06. The molecule has 88 valence electrons. The minimum Gasteiger partial charge on any atom is -0.339 e. The van der Waals surface area contributed by atoms with Crippen LogP contribution in [0.15, 0.2) is 33.8 Å². The first-order valence-corrected chi connectivity index (χ1v) is 6.01. The van der Waals surface area contributed by atoms with Gasteiger partial charge in [0.25, 0.3) is 5.56 Å². The molecular formula is C11H9BrClN3O. The van der Waals surface area contributed by atoms with Gasteiger partial charge in [0.05, 0.1) is 6.33 Å². The molecule has 0 saturated heterocycles. The standard InChI is InChI=1S/C11H9BrClN3O/c1-6-2-3-7(4-8(6)13)16-10-9(12)11(17)15-5-14-10/h2-5H,1H3,(H2,14,15,16,17). The first kappa shape index (κ1) is 12.1. The zero-order valence-corrected chi connectivity index (χ0v) is 11.3. The van der Waals surface area contributed by atoms with Crippen LogP contribution < -0.4 is 10.9 Å². The van der Waals surface area contributed by atoms with Crippen molar-refractivity contribution in [1.82, 2.24) is 9.97 Å². The van der Waals surface area contributed by atoms with Gasteiger partial charge in [0, 0.05) is 10.7 Å². The van der Waals surface area contributed by atoms with Gasteiger partial charge in [-0.2, -0.15) is 0 Å². The summed E-state index contributed by atoms with van der Waals surface area (Å²) >= 11 is 9.18. The first-order chi connectivity index (χ1) is 8.08. The number of nitrogens with zero attached hydrogens (tertiary/aromatic N) is 1. The smallest absolute Gasteiger partial charge is 0.267 e. The molecular weight excluding hydrogens is 305 g/mol. The van der Waals surface area contributed by atoms with E-state index in [2.05, 4.69) is 31.2 Å². The summed E-state index contributed by atoms with van der Waals surface area (Å²) in [7, 11) is 0. The van der Waals surface area contributed by atoms with Crippen LogP contribution in [0.4, 0.5) is 11.5 Å². The van der Waals surface area contributed by atoms with Gasteiger partial charge in [0.2, 0.25) is 0 Å². The number of benzene rings is 1. The van der Waals surface area contributed by atoms with Crippen molar-refractivity contribution in [2.75, 3.05) is 5.32 Å². The molecule has 2 rings (SSSR count). The van der Waals surface area contributed by atoms with Gasteiger partial charge >= 0.3 is 0 Å². The van der Waals surface area contributed by atoms with Gasteiger partial charge < -0.3 is 10.3 Å². The van der Waals surface area contributed by atoms with Gasteiger partial charge in [-0.3, -0.25) is 4.79 Å². The third-order valence-corrected chi connectivity index (χ3v) is 3.37. The Morgan fingerprint density at radius 3 is 2.94 bits per heavy atom. The van der Waals surface area contributed by atoms with Crippen molar-refractivity contribution in [2.24, 2.45) is 0 Å². The van der Waals surface area contributed by atoms with Crippen LogP contribution in [0.3, 0.4) is 0 Å². The fourth-order valence-corrected chi connectivity index (χ4v) is 1.77. The minimum absolute atomic E-state index is 0.235. The Bertz CT molecular complexity index is 612. The van der Waals surface area contributed by atoms with Crippen molar-refractivity contribution in [1.29, 1.82) is 0 Å². The molecule has 0 fully saturated rings. The van der Waals surface area contributed by atoms with E-state index in [1.54, 1.807) is 6.07 Å². The van der Waals surface area contributed by atoms with Crippen molar-refractivity contribution in [2.45, 2.75) is 6.92 Å². The lowest BCUT2D eigenvalue weighted by Crippen LogP contribution is -2.10. The Hall–Kier alpha value is -1.33. The molecule has 0 aliphatic carbocycles. The molecule has 0 saturated carbocycles. The molecule has 1 aromatic carbocycles. The lowest BCUT2D eigenvalue weighted by Gasteiger charge is -2.07. The van der Waals surface area contributed by atoms with E-state index in [9.17, 15) is 4.79 Å². The predicted molar refractivity (Wildman–Crippen MR) is 72.0 cm³/mol. The van der Waals surface area contributed by atoms with E-state index in [1.165, 1.54) is 6.33 Å². The van der Waals surface area contributed by atoms with Crippen LogP contribution >= 0.6 is 27.5 Å². The number of nitrogens with one attached hydrogen (secondary N) is 2. The summed E-state index contributed by atoms with van der Waals surface area (Å²) in [6, 6.07) is 5.55. The number of aromatic amines is 1. The molecule has 0 aliphatic rings. The third-order valence-electron chi connectivity index (χ3n) is 2.23. The van der Waals surface area contributed by atoms with E-state index in [-0.39, 0.29) is 5.56 Å². The second-order valence-corrected chi connectivity index (χ2v) is 4.68. The molecule has 6 heteroatoms. The molecule has 1 heterocycles. The second-order valence-electron chi connectivity index (χ2n) is 3.48. The van der Waals surface area contributed by atoms with Gasteiger partial charge in [-0.25, -0.2) is 4.98 Å². The lowest BCUT2D eigenvalue weighted by molar-refractivity contribution is 1.10. The molecule has 4 nitrogen and oxygen atoms in total. The summed E-state index contributed by atoms with van der Waals surface area (Å²) in [6.45, 7) is 1.92. The van der Waals surface area contributed by atoms with E-state index in [1.807, 2.05) is 19.1 Å². The zero-order chi connectivity index (χ0) is 12.4. The quantitative estimate of drug-likeness (QED) is 0.894. The fourth-order valence-electron chi connectivity index (χ4n) is 1.28. The maximum Gasteiger partial charge on any atom is 0.267 e. The van der Waals surface area contributed by atoms with Gasteiger partial charge in [0.15, 0.2) is 5.82 Å². The van der Waals surface area contributed by atoms with Crippen molar-refractivity contribution < 1.29 is 0 Å². The average Bonchev–Trinajstić information content (AvgIpc) is 2.30. The number of hydrogen-bond donors (Lipinski definition) is 2. The zero-order valence-electron chi connectivity index (χ0n) is 8.92. The summed E-state index contributed by atoms with van der Waals surface area (Å²) in [6.07, 6.45) is 1.34. The summed E-state index contributed by atoms with van der Waals surface area (Å²) < 4.78 is 0.358. The topological polar surface area (TPSA) is 57.8 Å². The third kappa shape index (κ3) is 2.68. The van der Waals surface area contributed by atoms with E-state index >= 15 is 0 Å². The SMILES string of the molecule is Cc1ccc(Nc2nc[nH]c(=O)c2Br)cc1Cl. The normalized spacial score (nSPS) is 10.3. The Morgan fingerprint density at radius 1 is 1.47 bits per heavy atom. The largest absolute Gasteiger partial charge is 0.339 e. The molecule has 0 atom stereocenters. The number of aryl methyl sites for hydroxylation is 1. The Kier molecular flexibility index (Phi) is 3.49. The highest BCUT2D eigenvalue weighted by molar-refractivity contribution is 9.10. The van der Waals surface area contributed by atoms with E-state index in [0.717, 1.165) is 11.3 Å². The van der Waals surface area contributed by atoms with Crippen molar-refractivity contribution in [3.63, 3.8) is 0 Å². The number of halogens is 2. The number of aromatic nitrogens is 2. The summed E-state index contributed by atoms with van der Waals surface area (Å²) in [4.78, 5) is 17.8. The molecule has 0 amide bonds. The summed E-state index contributed by atoms with van der Waals surface area (Å²) in [5.41, 5.74) is 1.54. The van der Waals surface area contributed by atoms with Gasteiger partial charge in [-0.1, -0.05) is 17.7 Å². The monoisotopic (exact) mass is 313 g/mol. The fraction of sp³-hybridized carbons (Fsp3) is 0.0909. The van der Waals surface area contributed by atoms with Crippen LogP contribution in [-0.4, -0.2) is 9.97 Å². The minimum atomic E-state index is -0.235. The molecule has 0 spiro atoms. The molecule has 0 bridgehead atoms. The maximum absolute atomic E-state index is 11.3. The average molecular weight is 315 g/mol. The second kappa shape index (κ2) is 4.89. The van der Waals surface area contributed by atoms with Gasteiger partial charge in [-0.15, -0.1) is 0 Å².